The maximum Gasteiger partial charge on any atom is 0.317 e. The van der Waals surface area contributed by atoms with Crippen molar-refractivity contribution in [1.29, 1.82) is 0 Å². The molecule has 0 spiro atoms. The SMILES string of the molecule is CN1C(=O)N[C@@H]2CN(C(=O)CCOc3ccccc3F)CC[C@@H]21. The number of benzene rings is 1. The van der Waals surface area contributed by atoms with E-state index in [0.29, 0.717) is 13.1 Å². The van der Waals surface area contributed by atoms with E-state index in [1.165, 1.54) is 12.1 Å². The third-order valence-electron chi connectivity index (χ3n) is 4.47. The summed E-state index contributed by atoms with van der Waals surface area (Å²) in [4.78, 5) is 27.3. The first-order valence-electron chi connectivity index (χ1n) is 7.74. The van der Waals surface area contributed by atoms with Crippen LogP contribution < -0.4 is 10.1 Å². The van der Waals surface area contributed by atoms with Crippen molar-refractivity contribution in [1.82, 2.24) is 15.1 Å². The van der Waals surface area contributed by atoms with Gasteiger partial charge in [-0.3, -0.25) is 4.79 Å². The monoisotopic (exact) mass is 321 g/mol. The molecule has 6 nitrogen and oxygen atoms in total. The molecular weight excluding hydrogens is 301 g/mol. The predicted octanol–water partition coefficient (Wildman–Crippen LogP) is 1.22. The fourth-order valence-corrected chi connectivity index (χ4v) is 3.15. The summed E-state index contributed by atoms with van der Waals surface area (Å²) in [5.74, 6) is -0.315. The Labute approximate surface area is 134 Å². The van der Waals surface area contributed by atoms with E-state index < -0.39 is 5.82 Å². The average Bonchev–Trinajstić information content (AvgIpc) is 2.83. The van der Waals surface area contributed by atoms with Gasteiger partial charge in [0.25, 0.3) is 0 Å². The van der Waals surface area contributed by atoms with E-state index in [1.807, 2.05) is 0 Å². The lowest BCUT2D eigenvalue weighted by atomic mass is 10.00. The van der Waals surface area contributed by atoms with Gasteiger partial charge in [0.05, 0.1) is 25.1 Å². The number of halogens is 1. The fourth-order valence-electron chi connectivity index (χ4n) is 3.15. The number of carbonyl (C=O) groups is 2. The number of fused-ring (bicyclic) bond motifs is 1. The lowest BCUT2D eigenvalue weighted by molar-refractivity contribution is -0.133. The van der Waals surface area contributed by atoms with Gasteiger partial charge in [-0.15, -0.1) is 0 Å². The number of hydrogen-bond acceptors (Lipinski definition) is 3. The van der Waals surface area contributed by atoms with Crippen LogP contribution in [0.3, 0.4) is 0 Å². The summed E-state index contributed by atoms with van der Waals surface area (Å²) in [6, 6.07) is 6.18. The summed E-state index contributed by atoms with van der Waals surface area (Å²) in [6.07, 6.45) is 0.954. The minimum absolute atomic E-state index is 0.0160. The van der Waals surface area contributed by atoms with Crippen LogP contribution in [0.15, 0.2) is 24.3 Å². The van der Waals surface area contributed by atoms with Gasteiger partial charge in [-0.25, -0.2) is 9.18 Å². The Morgan fingerprint density at radius 1 is 1.43 bits per heavy atom. The molecule has 23 heavy (non-hydrogen) atoms. The molecule has 7 heteroatoms. The smallest absolute Gasteiger partial charge is 0.317 e. The molecule has 2 heterocycles. The molecule has 1 aromatic carbocycles. The van der Waals surface area contributed by atoms with Crippen LogP contribution in [0.1, 0.15) is 12.8 Å². The molecule has 3 amide bonds. The molecule has 0 aliphatic carbocycles. The summed E-state index contributed by atoms with van der Waals surface area (Å²) in [7, 11) is 1.78. The number of piperidine rings is 1. The lowest BCUT2D eigenvalue weighted by Crippen LogP contribution is -2.52. The molecule has 1 N–H and O–H groups in total. The molecule has 124 valence electrons. The number of urea groups is 1. The van der Waals surface area contributed by atoms with Crippen molar-refractivity contribution in [2.45, 2.75) is 24.9 Å². The Kier molecular flexibility index (Phi) is 4.36. The Bertz CT molecular complexity index is 610. The van der Waals surface area contributed by atoms with Crippen molar-refractivity contribution in [2.75, 3.05) is 26.7 Å². The summed E-state index contributed by atoms with van der Waals surface area (Å²) < 4.78 is 18.7. The molecule has 3 rings (SSSR count). The summed E-state index contributed by atoms with van der Waals surface area (Å²) in [5.41, 5.74) is 0. The number of nitrogens with zero attached hydrogens (tertiary/aromatic N) is 2. The number of rotatable bonds is 4. The maximum atomic E-state index is 13.4. The third kappa shape index (κ3) is 3.23. The lowest BCUT2D eigenvalue weighted by Gasteiger charge is -2.35. The standard InChI is InChI=1S/C16H20FN3O3/c1-19-13-6-8-20(10-12(13)18-16(19)22)15(21)7-9-23-14-5-3-2-4-11(14)17/h2-5,12-13H,6-10H2,1H3,(H,18,22)/t12-,13+/m1/s1. The van der Waals surface area contributed by atoms with Crippen LogP contribution in [0.4, 0.5) is 9.18 Å². The van der Waals surface area contributed by atoms with Crippen molar-refractivity contribution in [3.8, 4) is 5.75 Å². The number of nitrogens with one attached hydrogen (secondary N) is 1. The molecule has 1 aromatic rings. The molecule has 2 atom stereocenters. The Hall–Kier alpha value is -2.31. The number of amides is 3. The number of ether oxygens (including phenoxy) is 1. The highest BCUT2D eigenvalue weighted by Gasteiger charge is 2.41. The molecular formula is C16H20FN3O3. The van der Waals surface area contributed by atoms with E-state index in [-0.39, 0.29) is 42.8 Å². The van der Waals surface area contributed by atoms with E-state index in [9.17, 15) is 14.0 Å². The number of likely N-dealkylation sites (N-methyl/N-ethyl adjacent to an activating group) is 1. The van der Waals surface area contributed by atoms with Gasteiger partial charge >= 0.3 is 6.03 Å². The van der Waals surface area contributed by atoms with Gasteiger partial charge in [0.1, 0.15) is 0 Å². The number of carbonyl (C=O) groups excluding carboxylic acids is 2. The molecule has 0 unspecified atom stereocenters. The van der Waals surface area contributed by atoms with Crippen LogP contribution in [0.5, 0.6) is 5.75 Å². The third-order valence-corrected chi connectivity index (χ3v) is 4.47. The molecule has 0 radical (unpaired) electrons. The minimum atomic E-state index is -0.433. The number of likely N-dealkylation sites (tertiary alicyclic amines) is 1. The van der Waals surface area contributed by atoms with Gasteiger partial charge in [0.15, 0.2) is 11.6 Å². The number of hydrogen-bond donors (Lipinski definition) is 1. The van der Waals surface area contributed by atoms with E-state index >= 15 is 0 Å². The van der Waals surface area contributed by atoms with Gasteiger partial charge in [0, 0.05) is 20.1 Å². The zero-order chi connectivity index (χ0) is 16.4. The molecule has 0 aromatic heterocycles. The topological polar surface area (TPSA) is 61.9 Å². The normalized spacial score (nSPS) is 23.5. The second-order valence-corrected chi connectivity index (χ2v) is 5.89. The van der Waals surface area contributed by atoms with Gasteiger partial charge < -0.3 is 19.9 Å². The van der Waals surface area contributed by atoms with Crippen molar-refractivity contribution < 1.29 is 18.7 Å². The molecule has 0 saturated carbocycles. The highest BCUT2D eigenvalue weighted by molar-refractivity contribution is 5.79. The second-order valence-electron chi connectivity index (χ2n) is 5.89. The van der Waals surface area contributed by atoms with Crippen molar-refractivity contribution in [2.24, 2.45) is 0 Å². The summed E-state index contributed by atoms with van der Waals surface area (Å²) >= 11 is 0. The first-order valence-corrected chi connectivity index (χ1v) is 7.74. The summed E-state index contributed by atoms with van der Waals surface area (Å²) in [6.45, 7) is 1.27. The minimum Gasteiger partial charge on any atom is -0.490 e. The first-order chi connectivity index (χ1) is 11.1. The molecule has 2 fully saturated rings. The van der Waals surface area contributed by atoms with E-state index in [1.54, 1.807) is 29.0 Å². The average molecular weight is 321 g/mol. The van der Waals surface area contributed by atoms with Crippen molar-refractivity contribution in [3.63, 3.8) is 0 Å². The van der Waals surface area contributed by atoms with Crippen LogP contribution in [-0.4, -0.2) is 60.6 Å². The Balaban J connectivity index is 1.48. The second kappa shape index (κ2) is 6.44. The molecule has 2 aliphatic rings. The van der Waals surface area contributed by atoms with Gasteiger partial charge in [-0.1, -0.05) is 12.1 Å². The summed E-state index contributed by atoms with van der Waals surface area (Å²) in [5, 5.41) is 2.89. The molecule has 2 aliphatic heterocycles. The van der Waals surface area contributed by atoms with E-state index in [2.05, 4.69) is 5.32 Å². The van der Waals surface area contributed by atoms with Crippen LogP contribution >= 0.6 is 0 Å². The molecule has 2 saturated heterocycles. The van der Waals surface area contributed by atoms with Gasteiger partial charge in [0.2, 0.25) is 5.91 Å². The maximum absolute atomic E-state index is 13.4. The fraction of sp³-hybridized carbons (Fsp3) is 0.500. The first kappa shape index (κ1) is 15.6. The van der Waals surface area contributed by atoms with Gasteiger partial charge in [-0.2, -0.15) is 0 Å². The zero-order valence-electron chi connectivity index (χ0n) is 13.0. The molecule has 0 bridgehead atoms. The Morgan fingerprint density at radius 3 is 3.00 bits per heavy atom. The highest BCUT2D eigenvalue weighted by atomic mass is 19.1. The van der Waals surface area contributed by atoms with Crippen molar-refractivity contribution >= 4 is 11.9 Å². The quantitative estimate of drug-likeness (QED) is 0.907. The van der Waals surface area contributed by atoms with Crippen LogP contribution in [0.25, 0.3) is 0 Å². The Morgan fingerprint density at radius 2 is 2.22 bits per heavy atom. The van der Waals surface area contributed by atoms with Crippen molar-refractivity contribution in [3.05, 3.63) is 30.1 Å². The van der Waals surface area contributed by atoms with E-state index in [4.69, 9.17) is 4.74 Å². The largest absolute Gasteiger partial charge is 0.490 e. The van der Waals surface area contributed by atoms with Crippen LogP contribution in [-0.2, 0) is 4.79 Å². The van der Waals surface area contributed by atoms with E-state index in [0.717, 1.165) is 6.42 Å². The van der Waals surface area contributed by atoms with Crippen LogP contribution in [0, 0.1) is 5.82 Å². The van der Waals surface area contributed by atoms with Crippen LogP contribution in [0.2, 0.25) is 0 Å². The number of para-hydroxylation sites is 1. The van der Waals surface area contributed by atoms with Gasteiger partial charge in [-0.05, 0) is 18.6 Å². The highest BCUT2D eigenvalue weighted by Crippen LogP contribution is 2.22. The predicted molar refractivity (Wildman–Crippen MR) is 81.6 cm³/mol. The zero-order valence-corrected chi connectivity index (χ0v) is 13.0.